The van der Waals surface area contributed by atoms with Crippen LogP contribution in [0.1, 0.15) is 28.4 Å². The number of hydrogen-bond acceptors (Lipinski definition) is 4. The van der Waals surface area contributed by atoms with Crippen LogP contribution in [-0.2, 0) is 0 Å². The average Bonchev–Trinajstić information content (AvgIpc) is 2.68. The van der Waals surface area contributed by atoms with Gasteiger partial charge in [0.1, 0.15) is 22.9 Å². The van der Waals surface area contributed by atoms with Gasteiger partial charge in [-0.05, 0) is 49.7 Å². The van der Waals surface area contributed by atoms with E-state index in [1.807, 2.05) is 44.2 Å². The molecule has 2 aromatic carbocycles. The summed E-state index contributed by atoms with van der Waals surface area (Å²) < 4.78 is 14.8. The van der Waals surface area contributed by atoms with Gasteiger partial charge in [0.2, 0.25) is 0 Å². The van der Waals surface area contributed by atoms with Gasteiger partial charge in [0.25, 0.3) is 0 Å². The average molecular weight is 408 g/mol. The van der Waals surface area contributed by atoms with Crippen molar-refractivity contribution in [2.45, 2.75) is 19.9 Å². The van der Waals surface area contributed by atoms with Gasteiger partial charge in [0, 0.05) is 33.4 Å². The first-order chi connectivity index (χ1) is 13.9. The van der Waals surface area contributed by atoms with Gasteiger partial charge in [-0.1, -0.05) is 35.9 Å². The lowest BCUT2D eigenvalue weighted by Crippen LogP contribution is -2.16. The summed E-state index contributed by atoms with van der Waals surface area (Å²) in [5.74, 6) is 0.0565. The number of phenols is 1. The maximum Gasteiger partial charge on any atom is 0.147 e. The smallest absolute Gasteiger partial charge is 0.147 e. The summed E-state index contributed by atoms with van der Waals surface area (Å²) in [6.45, 7) is 3.80. The van der Waals surface area contributed by atoms with E-state index in [-0.39, 0.29) is 16.3 Å². The van der Waals surface area contributed by atoms with Crippen molar-refractivity contribution in [3.05, 3.63) is 94.0 Å². The highest BCUT2D eigenvalue weighted by Crippen LogP contribution is 2.39. The molecular weight excluding hydrogens is 389 g/mol. The standard InChI is InChI=1S/C23H19ClFN3O/c1-13-10-11-26-19(12-13)28-22(20-17(24)4-3-5-18(20)25)16-9-8-15-7-6-14(2)27-21(15)23(16)29/h3-12,22,29H,1-2H3,(H,26,28). The Morgan fingerprint density at radius 2 is 1.86 bits per heavy atom. The van der Waals surface area contributed by atoms with Crippen LogP contribution < -0.4 is 5.32 Å². The maximum absolute atomic E-state index is 14.8. The first kappa shape index (κ1) is 19.2. The third kappa shape index (κ3) is 3.74. The van der Waals surface area contributed by atoms with Crippen LogP contribution in [0.5, 0.6) is 5.75 Å². The zero-order valence-corrected chi connectivity index (χ0v) is 16.7. The minimum absolute atomic E-state index is 0.0179. The van der Waals surface area contributed by atoms with Crippen LogP contribution in [0.2, 0.25) is 5.02 Å². The molecule has 0 amide bonds. The van der Waals surface area contributed by atoms with E-state index in [0.29, 0.717) is 16.9 Å². The maximum atomic E-state index is 14.8. The second-order valence-electron chi connectivity index (χ2n) is 6.96. The number of hydrogen-bond donors (Lipinski definition) is 2. The Hall–Kier alpha value is -3.18. The van der Waals surface area contributed by atoms with E-state index < -0.39 is 11.9 Å². The Morgan fingerprint density at radius 1 is 1.07 bits per heavy atom. The molecule has 1 unspecified atom stereocenters. The van der Waals surface area contributed by atoms with Crippen LogP contribution in [0, 0.1) is 19.7 Å². The second-order valence-corrected chi connectivity index (χ2v) is 7.37. The molecule has 0 aliphatic heterocycles. The molecule has 1 atom stereocenters. The highest BCUT2D eigenvalue weighted by Gasteiger charge is 2.25. The minimum Gasteiger partial charge on any atom is -0.505 e. The Balaban J connectivity index is 1.93. The van der Waals surface area contributed by atoms with Crippen molar-refractivity contribution in [3.8, 4) is 5.75 Å². The molecule has 29 heavy (non-hydrogen) atoms. The predicted molar refractivity (Wildman–Crippen MR) is 114 cm³/mol. The summed E-state index contributed by atoms with van der Waals surface area (Å²) in [6, 6.07) is 14.9. The fraction of sp³-hybridized carbons (Fsp3) is 0.130. The third-order valence-corrected chi connectivity index (χ3v) is 5.14. The van der Waals surface area contributed by atoms with E-state index in [9.17, 15) is 9.50 Å². The molecule has 4 aromatic rings. The van der Waals surface area contributed by atoms with Gasteiger partial charge in [-0.25, -0.2) is 14.4 Å². The van der Waals surface area contributed by atoms with Crippen molar-refractivity contribution in [1.29, 1.82) is 0 Å². The Morgan fingerprint density at radius 3 is 2.62 bits per heavy atom. The molecule has 0 saturated heterocycles. The van der Waals surface area contributed by atoms with E-state index in [2.05, 4.69) is 15.3 Å². The monoisotopic (exact) mass is 407 g/mol. The van der Waals surface area contributed by atoms with Crippen molar-refractivity contribution in [2.24, 2.45) is 0 Å². The molecule has 0 radical (unpaired) electrons. The normalized spacial score (nSPS) is 12.1. The number of nitrogens with one attached hydrogen (secondary N) is 1. The van der Waals surface area contributed by atoms with Crippen LogP contribution in [0.3, 0.4) is 0 Å². The number of pyridine rings is 2. The van der Waals surface area contributed by atoms with E-state index in [0.717, 1.165) is 16.6 Å². The van der Waals surface area contributed by atoms with E-state index >= 15 is 0 Å². The zero-order valence-electron chi connectivity index (χ0n) is 15.9. The molecule has 0 bridgehead atoms. The summed E-state index contributed by atoms with van der Waals surface area (Å²) in [5, 5.41) is 15.3. The second kappa shape index (κ2) is 7.68. The van der Waals surface area contributed by atoms with Gasteiger partial charge in [-0.3, -0.25) is 0 Å². The van der Waals surface area contributed by atoms with Crippen molar-refractivity contribution in [1.82, 2.24) is 9.97 Å². The highest BCUT2D eigenvalue weighted by molar-refractivity contribution is 6.31. The van der Waals surface area contributed by atoms with Gasteiger partial charge in [0.15, 0.2) is 0 Å². The van der Waals surface area contributed by atoms with E-state index in [1.165, 1.54) is 6.07 Å². The SMILES string of the molecule is Cc1ccnc(NC(c2ccc3ccc(C)nc3c2O)c2c(F)cccc2Cl)c1. The molecule has 0 fully saturated rings. The molecule has 0 aliphatic carbocycles. The van der Waals surface area contributed by atoms with Gasteiger partial charge >= 0.3 is 0 Å². The number of phenolic OH excluding ortho intramolecular Hbond substituents is 1. The largest absolute Gasteiger partial charge is 0.505 e. The molecule has 2 heterocycles. The number of rotatable bonds is 4. The summed E-state index contributed by atoms with van der Waals surface area (Å²) in [4.78, 5) is 8.78. The number of halogens is 2. The van der Waals surface area contributed by atoms with Gasteiger partial charge in [0.05, 0.1) is 6.04 Å². The Bertz CT molecular complexity index is 1190. The highest BCUT2D eigenvalue weighted by atomic mass is 35.5. The number of aryl methyl sites for hydroxylation is 2. The number of benzene rings is 2. The number of anilines is 1. The van der Waals surface area contributed by atoms with Crippen molar-refractivity contribution >= 4 is 28.3 Å². The third-order valence-electron chi connectivity index (χ3n) is 4.81. The van der Waals surface area contributed by atoms with Crippen LogP contribution in [-0.4, -0.2) is 15.1 Å². The number of aromatic nitrogens is 2. The van der Waals surface area contributed by atoms with Crippen molar-refractivity contribution in [3.63, 3.8) is 0 Å². The van der Waals surface area contributed by atoms with Gasteiger partial charge in [-0.15, -0.1) is 0 Å². The molecule has 4 rings (SSSR count). The van der Waals surface area contributed by atoms with Crippen molar-refractivity contribution in [2.75, 3.05) is 5.32 Å². The van der Waals surface area contributed by atoms with E-state index in [1.54, 1.807) is 24.4 Å². The lowest BCUT2D eigenvalue weighted by molar-refractivity contribution is 0.470. The molecule has 146 valence electrons. The first-order valence-electron chi connectivity index (χ1n) is 9.16. The molecule has 0 spiro atoms. The molecule has 6 heteroatoms. The zero-order chi connectivity index (χ0) is 20.5. The fourth-order valence-corrected chi connectivity index (χ4v) is 3.65. The van der Waals surface area contributed by atoms with Crippen LogP contribution >= 0.6 is 11.6 Å². The fourth-order valence-electron chi connectivity index (χ4n) is 3.37. The number of aromatic hydroxyl groups is 1. The van der Waals surface area contributed by atoms with E-state index in [4.69, 9.17) is 11.6 Å². The summed E-state index contributed by atoms with van der Waals surface area (Å²) >= 11 is 6.37. The van der Waals surface area contributed by atoms with Crippen LogP contribution in [0.4, 0.5) is 10.2 Å². The van der Waals surface area contributed by atoms with Gasteiger partial charge in [-0.2, -0.15) is 0 Å². The van der Waals surface area contributed by atoms with Crippen molar-refractivity contribution < 1.29 is 9.50 Å². The first-order valence-corrected chi connectivity index (χ1v) is 9.54. The van der Waals surface area contributed by atoms with Crippen LogP contribution in [0.15, 0.2) is 60.8 Å². The lowest BCUT2D eigenvalue weighted by Gasteiger charge is -2.23. The molecular formula is C23H19ClFN3O. The summed E-state index contributed by atoms with van der Waals surface area (Å²) in [7, 11) is 0. The number of fused-ring (bicyclic) bond motifs is 1. The summed E-state index contributed by atoms with van der Waals surface area (Å²) in [5.41, 5.74) is 2.93. The van der Waals surface area contributed by atoms with Gasteiger partial charge < -0.3 is 10.4 Å². The minimum atomic E-state index is -0.760. The quantitative estimate of drug-likeness (QED) is 0.439. The number of nitrogens with zero attached hydrogens (tertiary/aromatic N) is 2. The predicted octanol–water partition coefficient (Wildman–Crippen LogP) is 5.95. The Labute approximate surface area is 173 Å². The molecule has 2 aromatic heterocycles. The van der Waals surface area contributed by atoms with Crippen LogP contribution in [0.25, 0.3) is 10.9 Å². The Kier molecular flexibility index (Phi) is 5.07. The summed E-state index contributed by atoms with van der Waals surface area (Å²) in [6.07, 6.45) is 1.67. The molecule has 0 aliphatic rings. The lowest BCUT2D eigenvalue weighted by atomic mass is 9.95. The topological polar surface area (TPSA) is 58.0 Å². The molecule has 0 saturated carbocycles. The molecule has 4 nitrogen and oxygen atoms in total. The molecule has 2 N–H and O–H groups in total.